The van der Waals surface area contributed by atoms with E-state index in [-0.39, 0.29) is 5.78 Å². The number of benzene rings is 2. The van der Waals surface area contributed by atoms with E-state index >= 15 is 0 Å². The second kappa shape index (κ2) is 6.17. The van der Waals surface area contributed by atoms with Crippen LogP contribution in [-0.4, -0.2) is 42.9 Å². The lowest BCUT2D eigenvalue weighted by Crippen LogP contribution is -2.47. The quantitative estimate of drug-likeness (QED) is 0.811. The van der Waals surface area contributed by atoms with Crippen LogP contribution in [0.1, 0.15) is 28.8 Å². The molecule has 1 aliphatic heterocycles. The van der Waals surface area contributed by atoms with E-state index < -0.39 is 0 Å². The maximum Gasteiger partial charge on any atom is 0.193 e. The number of carbonyl (C=O) groups is 1. The van der Waals surface area contributed by atoms with Gasteiger partial charge in [-0.15, -0.1) is 0 Å². The topological polar surface area (TPSA) is 23.6 Å². The molecule has 1 aliphatic carbocycles. The molecule has 1 saturated carbocycles. The molecular weight excluding hydrogens is 284 g/mol. The maximum atomic E-state index is 12.4. The largest absolute Gasteiger partial charge is 0.369 e. The van der Waals surface area contributed by atoms with E-state index in [9.17, 15) is 4.79 Å². The van der Waals surface area contributed by atoms with Gasteiger partial charge in [0.05, 0.1) is 0 Å². The normalized spacial score (nSPS) is 18.9. The zero-order valence-corrected chi connectivity index (χ0v) is 13.3. The molecule has 2 fully saturated rings. The smallest absolute Gasteiger partial charge is 0.193 e. The van der Waals surface area contributed by atoms with Crippen LogP contribution in [0.3, 0.4) is 0 Å². The van der Waals surface area contributed by atoms with Gasteiger partial charge >= 0.3 is 0 Å². The van der Waals surface area contributed by atoms with Crippen LogP contribution in [0.15, 0.2) is 54.6 Å². The third-order valence-corrected chi connectivity index (χ3v) is 4.91. The first-order valence-electron chi connectivity index (χ1n) is 8.50. The molecular formula is C20H22N2O. The van der Waals surface area contributed by atoms with E-state index in [1.165, 1.54) is 18.5 Å². The first kappa shape index (κ1) is 14.5. The summed E-state index contributed by atoms with van der Waals surface area (Å²) in [7, 11) is 0. The second-order valence-corrected chi connectivity index (χ2v) is 6.50. The Bertz CT molecular complexity index is 669. The van der Waals surface area contributed by atoms with Gasteiger partial charge in [0.2, 0.25) is 0 Å². The van der Waals surface area contributed by atoms with Crippen molar-refractivity contribution >= 4 is 11.5 Å². The van der Waals surface area contributed by atoms with Crippen molar-refractivity contribution in [3.05, 3.63) is 65.7 Å². The van der Waals surface area contributed by atoms with Gasteiger partial charge in [-0.1, -0.05) is 30.3 Å². The number of hydrogen-bond donors (Lipinski definition) is 0. The molecule has 4 rings (SSSR count). The molecule has 2 aromatic carbocycles. The van der Waals surface area contributed by atoms with Gasteiger partial charge in [-0.2, -0.15) is 0 Å². The summed E-state index contributed by atoms with van der Waals surface area (Å²) in [6.07, 6.45) is 2.77. The number of piperazine rings is 1. The molecule has 0 bridgehead atoms. The number of hydrogen-bond acceptors (Lipinski definition) is 3. The third-order valence-electron chi connectivity index (χ3n) is 4.91. The van der Waals surface area contributed by atoms with Crippen molar-refractivity contribution < 1.29 is 4.79 Å². The van der Waals surface area contributed by atoms with Gasteiger partial charge in [-0.25, -0.2) is 0 Å². The van der Waals surface area contributed by atoms with Crippen LogP contribution in [0.5, 0.6) is 0 Å². The van der Waals surface area contributed by atoms with Crippen LogP contribution in [-0.2, 0) is 0 Å². The zero-order valence-electron chi connectivity index (χ0n) is 13.3. The fourth-order valence-corrected chi connectivity index (χ4v) is 3.36. The molecule has 118 valence electrons. The molecule has 0 amide bonds. The Balaban J connectivity index is 1.43. The Morgan fingerprint density at radius 3 is 2.00 bits per heavy atom. The lowest BCUT2D eigenvalue weighted by atomic mass is 10.0. The second-order valence-electron chi connectivity index (χ2n) is 6.50. The van der Waals surface area contributed by atoms with E-state index in [0.717, 1.165) is 43.3 Å². The summed E-state index contributed by atoms with van der Waals surface area (Å²) < 4.78 is 0. The van der Waals surface area contributed by atoms with Gasteiger partial charge in [0, 0.05) is 49.0 Å². The number of nitrogens with zero attached hydrogens (tertiary/aromatic N) is 2. The van der Waals surface area contributed by atoms with Crippen molar-refractivity contribution in [2.75, 3.05) is 31.1 Å². The average Bonchev–Trinajstić information content (AvgIpc) is 3.47. The molecule has 0 aromatic heterocycles. The molecule has 2 aliphatic rings. The van der Waals surface area contributed by atoms with Crippen LogP contribution in [0.2, 0.25) is 0 Å². The van der Waals surface area contributed by atoms with Gasteiger partial charge < -0.3 is 4.90 Å². The molecule has 23 heavy (non-hydrogen) atoms. The van der Waals surface area contributed by atoms with Crippen molar-refractivity contribution in [2.24, 2.45) is 0 Å². The Morgan fingerprint density at radius 2 is 1.39 bits per heavy atom. The third kappa shape index (κ3) is 3.15. The molecule has 2 aromatic rings. The SMILES string of the molecule is O=C(c1ccccc1)c1ccc(N2CCN(C3CC3)CC2)cc1. The van der Waals surface area contributed by atoms with Crippen molar-refractivity contribution in [3.8, 4) is 0 Å². The molecule has 0 N–H and O–H groups in total. The highest BCUT2D eigenvalue weighted by molar-refractivity contribution is 6.09. The lowest BCUT2D eigenvalue weighted by Gasteiger charge is -2.36. The summed E-state index contributed by atoms with van der Waals surface area (Å²) >= 11 is 0. The van der Waals surface area contributed by atoms with E-state index in [1.807, 2.05) is 42.5 Å². The van der Waals surface area contributed by atoms with Gasteiger partial charge in [-0.3, -0.25) is 9.69 Å². The standard InChI is InChI=1S/C20H22N2O/c23-20(16-4-2-1-3-5-16)17-6-8-18(9-7-17)21-12-14-22(15-13-21)19-10-11-19/h1-9,19H,10-15H2. The van der Waals surface area contributed by atoms with Crippen LogP contribution < -0.4 is 4.90 Å². The number of carbonyl (C=O) groups excluding carboxylic acids is 1. The van der Waals surface area contributed by atoms with Crippen LogP contribution in [0, 0.1) is 0 Å². The van der Waals surface area contributed by atoms with E-state index in [1.54, 1.807) is 0 Å². The molecule has 0 unspecified atom stereocenters. The monoisotopic (exact) mass is 306 g/mol. The molecule has 1 heterocycles. The molecule has 0 atom stereocenters. The van der Waals surface area contributed by atoms with Gasteiger partial charge in [-0.05, 0) is 37.1 Å². The average molecular weight is 306 g/mol. The predicted molar refractivity (Wildman–Crippen MR) is 93.1 cm³/mol. The van der Waals surface area contributed by atoms with Gasteiger partial charge in [0.1, 0.15) is 0 Å². The summed E-state index contributed by atoms with van der Waals surface area (Å²) in [5.41, 5.74) is 2.74. The molecule has 3 heteroatoms. The Labute approximate surface area is 137 Å². The predicted octanol–water partition coefficient (Wildman–Crippen LogP) is 3.20. The summed E-state index contributed by atoms with van der Waals surface area (Å²) in [5.74, 6) is 0.0932. The number of ketones is 1. The maximum absolute atomic E-state index is 12.4. The highest BCUT2D eigenvalue weighted by Crippen LogP contribution is 2.28. The molecule has 1 saturated heterocycles. The van der Waals surface area contributed by atoms with E-state index in [4.69, 9.17) is 0 Å². The molecule has 3 nitrogen and oxygen atoms in total. The lowest BCUT2D eigenvalue weighted by molar-refractivity contribution is 0.103. The van der Waals surface area contributed by atoms with Crippen molar-refractivity contribution in [1.82, 2.24) is 4.90 Å². The van der Waals surface area contributed by atoms with E-state index in [2.05, 4.69) is 21.9 Å². The van der Waals surface area contributed by atoms with Gasteiger partial charge in [0.15, 0.2) is 5.78 Å². The molecule has 0 radical (unpaired) electrons. The Morgan fingerprint density at radius 1 is 0.783 bits per heavy atom. The molecule has 0 spiro atoms. The summed E-state index contributed by atoms with van der Waals surface area (Å²) in [5, 5.41) is 0. The summed E-state index contributed by atoms with van der Waals surface area (Å²) in [6.45, 7) is 4.50. The van der Waals surface area contributed by atoms with Crippen molar-refractivity contribution in [3.63, 3.8) is 0 Å². The van der Waals surface area contributed by atoms with E-state index in [0.29, 0.717) is 0 Å². The number of anilines is 1. The highest BCUT2D eigenvalue weighted by atomic mass is 16.1. The Kier molecular flexibility index (Phi) is 3.88. The van der Waals surface area contributed by atoms with Crippen LogP contribution in [0.4, 0.5) is 5.69 Å². The van der Waals surface area contributed by atoms with Gasteiger partial charge in [0.25, 0.3) is 0 Å². The van der Waals surface area contributed by atoms with Crippen molar-refractivity contribution in [2.45, 2.75) is 18.9 Å². The minimum absolute atomic E-state index is 0.0932. The first-order valence-corrected chi connectivity index (χ1v) is 8.50. The Hall–Kier alpha value is -2.13. The summed E-state index contributed by atoms with van der Waals surface area (Å²) in [6, 6.07) is 18.4. The van der Waals surface area contributed by atoms with Crippen LogP contribution >= 0.6 is 0 Å². The number of rotatable bonds is 4. The highest BCUT2D eigenvalue weighted by Gasteiger charge is 2.31. The van der Waals surface area contributed by atoms with Crippen LogP contribution in [0.25, 0.3) is 0 Å². The minimum Gasteiger partial charge on any atom is -0.369 e. The minimum atomic E-state index is 0.0932. The van der Waals surface area contributed by atoms with Crippen molar-refractivity contribution in [1.29, 1.82) is 0 Å². The fourth-order valence-electron chi connectivity index (χ4n) is 3.36. The zero-order chi connectivity index (χ0) is 15.6. The fraction of sp³-hybridized carbons (Fsp3) is 0.350. The summed E-state index contributed by atoms with van der Waals surface area (Å²) in [4.78, 5) is 17.5. The first-order chi connectivity index (χ1) is 11.3.